The maximum absolute atomic E-state index is 12.9. The standard InChI is InChI=1S/C24H34N2O3/c1-4-5-20-15(2)23(17-6-7-17)26(16(3)27)22-9-8-18(14-21(20)22)24(28)25-19-10-12-29-13-11-19/h8-9,14-15,17,19-20,23H,4-7,10-13H2,1-3H3,(H,25,28). The quantitative estimate of drug-likeness (QED) is 0.806. The van der Waals surface area contributed by atoms with Crippen LogP contribution in [-0.2, 0) is 9.53 Å². The molecule has 5 nitrogen and oxygen atoms in total. The number of ether oxygens (including phenoxy) is 1. The lowest BCUT2D eigenvalue weighted by Gasteiger charge is -2.46. The van der Waals surface area contributed by atoms with E-state index in [0.717, 1.165) is 31.4 Å². The molecule has 0 aromatic heterocycles. The van der Waals surface area contributed by atoms with Crippen molar-refractivity contribution >= 4 is 17.5 Å². The minimum Gasteiger partial charge on any atom is -0.381 e. The lowest BCUT2D eigenvalue weighted by molar-refractivity contribution is -0.117. The Labute approximate surface area is 174 Å². The summed E-state index contributed by atoms with van der Waals surface area (Å²) in [5.74, 6) is 1.53. The first-order valence-electron chi connectivity index (χ1n) is 11.3. The number of hydrogen-bond donors (Lipinski definition) is 1. The van der Waals surface area contributed by atoms with Crippen LogP contribution in [0.25, 0.3) is 0 Å². The van der Waals surface area contributed by atoms with E-state index in [4.69, 9.17) is 4.74 Å². The van der Waals surface area contributed by atoms with Crippen LogP contribution in [0.2, 0.25) is 0 Å². The maximum Gasteiger partial charge on any atom is 0.251 e. The molecule has 1 aromatic carbocycles. The molecule has 3 aliphatic rings. The number of amides is 2. The summed E-state index contributed by atoms with van der Waals surface area (Å²) in [6.45, 7) is 7.62. The molecule has 0 bridgehead atoms. The summed E-state index contributed by atoms with van der Waals surface area (Å²) in [5.41, 5.74) is 2.90. The molecule has 1 saturated carbocycles. The molecule has 2 fully saturated rings. The first-order chi connectivity index (χ1) is 14.0. The summed E-state index contributed by atoms with van der Waals surface area (Å²) in [7, 11) is 0. The van der Waals surface area contributed by atoms with E-state index in [1.165, 1.54) is 18.4 Å². The average Bonchev–Trinajstić information content (AvgIpc) is 3.54. The molecule has 158 valence electrons. The minimum absolute atomic E-state index is 0.0127. The van der Waals surface area contributed by atoms with Crippen LogP contribution in [0.1, 0.15) is 81.1 Å². The first kappa shape index (κ1) is 20.4. The molecule has 4 rings (SSSR count). The molecule has 0 spiro atoms. The van der Waals surface area contributed by atoms with Gasteiger partial charge in [-0.3, -0.25) is 9.59 Å². The Bertz CT molecular complexity index is 767. The Kier molecular flexibility index (Phi) is 5.95. The molecule has 2 aliphatic heterocycles. The van der Waals surface area contributed by atoms with Gasteiger partial charge in [-0.1, -0.05) is 20.3 Å². The van der Waals surface area contributed by atoms with Crippen LogP contribution in [0, 0.1) is 11.8 Å². The number of anilines is 1. The molecular weight excluding hydrogens is 364 g/mol. The Balaban J connectivity index is 1.66. The third kappa shape index (κ3) is 4.07. The van der Waals surface area contributed by atoms with Crippen LogP contribution >= 0.6 is 0 Å². The largest absolute Gasteiger partial charge is 0.381 e. The van der Waals surface area contributed by atoms with Gasteiger partial charge in [-0.15, -0.1) is 0 Å². The van der Waals surface area contributed by atoms with Crippen LogP contribution in [0.15, 0.2) is 18.2 Å². The van der Waals surface area contributed by atoms with Gasteiger partial charge in [-0.25, -0.2) is 0 Å². The van der Waals surface area contributed by atoms with E-state index < -0.39 is 0 Å². The van der Waals surface area contributed by atoms with Gasteiger partial charge in [0.2, 0.25) is 5.91 Å². The zero-order chi connectivity index (χ0) is 20.5. The topological polar surface area (TPSA) is 58.6 Å². The fourth-order valence-corrected chi connectivity index (χ4v) is 5.43. The van der Waals surface area contributed by atoms with Crippen LogP contribution < -0.4 is 10.2 Å². The van der Waals surface area contributed by atoms with Crippen molar-refractivity contribution in [2.75, 3.05) is 18.1 Å². The smallest absolute Gasteiger partial charge is 0.251 e. The molecule has 2 heterocycles. The number of carbonyl (C=O) groups is 2. The summed E-state index contributed by atoms with van der Waals surface area (Å²) in [6, 6.07) is 6.44. The Morgan fingerprint density at radius 3 is 2.52 bits per heavy atom. The van der Waals surface area contributed by atoms with E-state index in [9.17, 15) is 9.59 Å². The predicted octanol–water partition coefficient (Wildman–Crippen LogP) is 4.26. The van der Waals surface area contributed by atoms with Crippen molar-refractivity contribution in [2.45, 2.75) is 77.3 Å². The zero-order valence-corrected chi connectivity index (χ0v) is 17.9. The molecule has 29 heavy (non-hydrogen) atoms. The molecule has 1 saturated heterocycles. The Morgan fingerprint density at radius 2 is 1.90 bits per heavy atom. The summed E-state index contributed by atoms with van der Waals surface area (Å²) < 4.78 is 5.39. The third-order valence-electron chi connectivity index (χ3n) is 7.02. The van der Waals surface area contributed by atoms with Gasteiger partial charge in [0, 0.05) is 43.5 Å². The van der Waals surface area contributed by atoms with E-state index in [-0.39, 0.29) is 17.9 Å². The third-order valence-corrected chi connectivity index (χ3v) is 7.02. The average molecular weight is 399 g/mol. The monoisotopic (exact) mass is 398 g/mol. The highest BCUT2D eigenvalue weighted by Gasteiger charge is 2.47. The van der Waals surface area contributed by atoms with Gasteiger partial charge in [-0.05, 0) is 73.6 Å². The lowest BCUT2D eigenvalue weighted by atomic mass is 9.73. The van der Waals surface area contributed by atoms with Crippen molar-refractivity contribution in [3.05, 3.63) is 29.3 Å². The Hall–Kier alpha value is -1.88. The number of carbonyl (C=O) groups excluding carboxylic acids is 2. The van der Waals surface area contributed by atoms with Crippen molar-refractivity contribution in [2.24, 2.45) is 11.8 Å². The van der Waals surface area contributed by atoms with Crippen LogP contribution in [0.5, 0.6) is 0 Å². The summed E-state index contributed by atoms with van der Waals surface area (Å²) in [5, 5.41) is 3.17. The zero-order valence-electron chi connectivity index (χ0n) is 17.9. The second-order valence-corrected chi connectivity index (χ2v) is 9.11. The molecule has 3 atom stereocenters. The van der Waals surface area contributed by atoms with Crippen molar-refractivity contribution in [1.82, 2.24) is 5.32 Å². The van der Waals surface area contributed by atoms with E-state index in [0.29, 0.717) is 42.6 Å². The van der Waals surface area contributed by atoms with Gasteiger partial charge in [-0.2, -0.15) is 0 Å². The highest BCUT2D eigenvalue weighted by Crippen LogP contribution is 2.51. The summed E-state index contributed by atoms with van der Waals surface area (Å²) in [6.07, 6.45) is 6.37. The van der Waals surface area contributed by atoms with Crippen molar-refractivity contribution in [3.8, 4) is 0 Å². The molecule has 1 aliphatic carbocycles. The molecule has 1 aromatic rings. The van der Waals surface area contributed by atoms with E-state index in [1.54, 1.807) is 6.92 Å². The minimum atomic E-state index is -0.0127. The number of hydrogen-bond acceptors (Lipinski definition) is 3. The Morgan fingerprint density at radius 1 is 1.17 bits per heavy atom. The molecular formula is C24H34N2O3. The SMILES string of the molecule is CCCC1c2cc(C(=O)NC3CCOCC3)ccc2N(C(C)=O)C(C2CC2)C1C. The van der Waals surface area contributed by atoms with Gasteiger partial charge in [0.15, 0.2) is 0 Å². The predicted molar refractivity (Wildman–Crippen MR) is 114 cm³/mol. The fourth-order valence-electron chi connectivity index (χ4n) is 5.43. The van der Waals surface area contributed by atoms with Crippen molar-refractivity contribution < 1.29 is 14.3 Å². The van der Waals surface area contributed by atoms with Gasteiger partial charge < -0.3 is 15.0 Å². The maximum atomic E-state index is 12.9. The number of benzene rings is 1. The van der Waals surface area contributed by atoms with E-state index in [1.807, 2.05) is 17.0 Å². The number of rotatable bonds is 5. The molecule has 0 radical (unpaired) electrons. The lowest BCUT2D eigenvalue weighted by Crippen LogP contribution is -2.50. The second-order valence-electron chi connectivity index (χ2n) is 9.11. The number of nitrogens with one attached hydrogen (secondary N) is 1. The van der Waals surface area contributed by atoms with Gasteiger partial charge in [0.1, 0.15) is 0 Å². The molecule has 1 N–H and O–H groups in total. The molecule has 2 amide bonds. The summed E-state index contributed by atoms with van der Waals surface area (Å²) >= 11 is 0. The van der Waals surface area contributed by atoms with Crippen LogP contribution in [0.3, 0.4) is 0 Å². The van der Waals surface area contributed by atoms with Gasteiger partial charge in [0.05, 0.1) is 0 Å². The van der Waals surface area contributed by atoms with Crippen molar-refractivity contribution in [3.63, 3.8) is 0 Å². The number of nitrogens with zero attached hydrogens (tertiary/aromatic N) is 1. The second kappa shape index (κ2) is 8.47. The highest BCUT2D eigenvalue weighted by molar-refractivity contribution is 5.98. The fraction of sp³-hybridized carbons (Fsp3) is 0.667. The van der Waals surface area contributed by atoms with Gasteiger partial charge in [0.25, 0.3) is 5.91 Å². The van der Waals surface area contributed by atoms with Crippen LogP contribution in [-0.4, -0.2) is 37.1 Å². The molecule has 5 heteroatoms. The first-order valence-corrected chi connectivity index (χ1v) is 11.3. The molecule has 3 unspecified atom stereocenters. The van der Waals surface area contributed by atoms with Crippen LogP contribution in [0.4, 0.5) is 5.69 Å². The highest BCUT2D eigenvalue weighted by atomic mass is 16.5. The summed E-state index contributed by atoms with van der Waals surface area (Å²) in [4.78, 5) is 27.6. The van der Waals surface area contributed by atoms with E-state index >= 15 is 0 Å². The van der Waals surface area contributed by atoms with Gasteiger partial charge >= 0.3 is 0 Å². The number of fused-ring (bicyclic) bond motifs is 1. The van der Waals surface area contributed by atoms with E-state index in [2.05, 4.69) is 25.2 Å². The normalized spacial score (nSPS) is 27.4. The van der Waals surface area contributed by atoms with Crippen molar-refractivity contribution in [1.29, 1.82) is 0 Å².